The molecule has 0 amide bonds. The molecule has 0 aliphatic carbocycles. The van der Waals surface area contributed by atoms with Gasteiger partial charge in [-0.2, -0.15) is 0 Å². The molecule has 0 fully saturated rings. The first-order chi connectivity index (χ1) is 9.19. The van der Waals surface area contributed by atoms with Gasteiger partial charge in [-0.1, -0.05) is 18.5 Å². The van der Waals surface area contributed by atoms with Crippen molar-refractivity contribution in [1.82, 2.24) is 0 Å². The van der Waals surface area contributed by atoms with E-state index in [9.17, 15) is 8.42 Å². The molecular weight excluding hydrogens is 319 g/mol. The molecule has 1 rings (SSSR count). The predicted molar refractivity (Wildman–Crippen MR) is 84.5 cm³/mol. The molecule has 114 valence electrons. The monoisotopic (exact) mass is 338 g/mol. The van der Waals surface area contributed by atoms with E-state index in [2.05, 4.69) is 0 Å². The van der Waals surface area contributed by atoms with Gasteiger partial charge in [0.05, 0.1) is 12.4 Å². The van der Waals surface area contributed by atoms with Crippen LogP contribution < -0.4 is 4.74 Å². The van der Waals surface area contributed by atoms with Crippen LogP contribution in [0.4, 0.5) is 0 Å². The number of hydrogen-bond acceptors (Lipinski definition) is 3. The van der Waals surface area contributed by atoms with Gasteiger partial charge in [0.15, 0.2) is 0 Å². The van der Waals surface area contributed by atoms with Gasteiger partial charge < -0.3 is 4.74 Å². The Hall–Kier alpha value is -0.450. The van der Waals surface area contributed by atoms with E-state index in [1.807, 2.05) is 32.9 Å². The third kappa shape index (κ3) is 6.33. The smallest absolute Gasteiger partial charge is 0.232 e. The molecule has 1 unspecified atom stereocenters. The second-order valence-electron chi connectivity index (χ2n) is 5.14. The first kappa shape index (κ1) is 17.6. The summed E-state index contributed by atoms with van der Waals surface area (Å²) in [5.41, 5.74) is 2.01. The maximum atomic E-state index is 10.9. The molecule has 1 atom stereocenters. The van der Waals surface area contributed by atoms with Gasteiger partial charge >= 0.3 is 0 Å². The summed E-state index contributed by atoms with van der Waals surface area (Å²) in [5.74, 6) is 1.11. The lowest BCUT2D eigenvalue weighted by Gasteiger charge is -2.15. The van der Waals surface area contributed by atoms with E-state index < -0.39 is 9.05 Å². The molecule has 0 aliphatic rings. The third-order valence-corrected chi connectivity index (χ3v) is 4.54. The van der Waals surface area contributed by atoms with Crippen LogP contribution in [0.1, 0.15) is 30.9 Å². The normalized spacial score (nSPS) is 13.2. The maximum absolute atomic E-state index is 10.9. The number of hydrogen-bond donors (Lipinski definition) is 0. The van der Waals surface area contributed by atoms with Crippen molar-refractivity contribution < 1.29 is 13.2 Å². The summed E-state index contributed by atoms with van der Waals surface area (Å²) in [7, 11) is 1.79. The number of halogens is 2. The highest BCUT2D eigenvalue weighted by Crippen LogP contribution is 2.27. The average molecular weight is 339 g/mol. The molecule has 0 radical (unpaired) electrons. The number of ether oxygens (including phenoxy) is 1. The highest BCUT2D eigenvalue weighted by atomic mass is 35.7. The van der Waals surface area contributed by atoms with Crippen LogP contribution >= 0.6 is 22.3 Å². The van der Waals surface area contributed by atoms with E-state index in [0.717, 1.165) is 23.3 Å². The van der Waals surface area contributed by atoms with E-state index >= 15 is 0 Å². The Morgan fingerprint density at radius 3 is 2.25 bits per heavy atom. The summed E-state index contributed by atoms with van der Waals surface area (Å²) >= 11 is 5.97. The Morgan fingerprint density at radius 1 is 1.20 bits per heavy atom. The Labute approximate surface area is 130 Å². The zero-order chi connectivity index (χ0) is 15.3. The SMILES string of the molecule is Cc1cc(Cl)cc(C)c1OCCC(C)CCS(=O)(=O)Cl. The van der Waals surface area contributed by atoms with Crippen molar-refractivity contribution in [2.24, 2.45) is 5.92 Å². The molecule has 0 heterocycles. The lowest BCUT2D eigenvalue weighted by atomic mass is 10.1. The van der Waals surface area contributed by atoms with E-state index in [4.69, 9.17) is 27.0 Å². The van der Waals surface area contributed by atoms with Crippen LogP contribution in [0.5, 0.6) is 5.75 Å². The van der Waals surface area contributed by atoms with Crippen molar-refractivity contribution in [3.8, 4) is 5.75 Å². The van der Waals surface area contributed by atoms with Crippen LogP contribution in [0.2, 0.25) is 5.02 Å². The van der Waals surface area contributed by atoms with Crippen molar-refractivity contribution in [1.29, 1.82) is 0 Å². The first-order valence-electron chi connectivity index (χ1n) is 6.51. The van der Waals surface area contributed by atoms with E-state index in [1.54, 1.807) is 0 Å². The van der Waals surface area contributed by atoms with Gasteiger partial charge in [0.25, 0.3) is 0 Å². The Balaban J connectivity index is 2.45. The molecule has 0 bridgehead atoms. The first-order valence-corrected chi connectivity index (χ1v) is 9.36. The maximum Gasteiger partial charge on any atom is 0.232 e. The van der Waals surface area contributed by atoms with Crippen molar-refractivity contribution in [3.05, 3.63) is 28.3 Å². The third-order valence-electron chi connectivity index (χ3n) is 3.14. The summed E-state index contributed by atoms with van der Waals surface area (Å²) in [5, 5.41) is 0.702. The molecule has 0 spiro atoms. The van der Waals surface area contributed by atoms with Gasteiger partial charge in [-0.05, 0) is 55.9 Å². The molecule has 3 nitrogen and oxygen atoms in total. The van der Waals surface area contributed by atoms with Gasteiger partial charge in [0, 0.05) is 15.7 Å². The standard InChI is InChI=1S/C14H20Cl2O3S/c1-10(5-7-20(16,17)18)4-6-19-14-11(2)8-13(15)9-12(14)3/h8-10H,4-7H2,1-3H3. The van der Waals surface area contributed by atoms with Gasteiger partial charge in [-0.3, -0.25) is 0 Å². The summed E-state index contributed by atoms with van der Waals surface area (Å²) in [6.07, 6.45) is 1.34. The summed E-state index contributed by atoms with van der Waals surface area (Å²) < 4.78 is 27.5. The van der Waals surface area contributed by atoms with E-state index in [0.29, 0.717) is 18.1 Å². The molecule has 0 saturated heterocycles. The largest absolute Gasteiger partial charge is 0.493 e. The van der Waals surface area contributed by atoms with Gasteiger partial charge in [-0.25, -0.2) is 8.42 Å². The van der Waals surface area contributed by atoms with Crippen LogP contribution in [0.3, 0.4) is 0 Å². The fourth-order valence-corrected chi connectivity index (χ4v) is 3.25. The highest BCUT2D eigenvalue weighted by Gasteiger charge is 2.11. The topological polar surface area (TPSA) is 43.4 Å². The molecule has 6 heteroatoms. The van der Waals surface area contributed by atoms with Crippen LogP contribution in [0.25, 0.3) is 0 Å². The van der Waals surface area contributed by atoms with E-state index in [-0.39, 0.29) is 11.7 Å². The summed E-state index contributed by atoms with van der Waals surface area (Å²) in [6, 6.07) is 3.74. The molecular formula is C14H20Cl2O3S. The Kier molecular flexibility index (Phi) is 6.62. The van der Waals surface area contributed by atoms with Gasteiger partial charge in [0.1, 0.15) is 5.75 Å². The molecule has 0 saturated carbocycles. The molecule has 0 aliphatic heterocycles. The number of rotatable bonds is 7. The minimum absolute atomic E-state index is 0.00865. The van der Waals surface area contributed by atoms with E-state index in [1.165, 1.54) is 0 Å². The average Bonchev–Trinajstić information content (AvgIpc) is 2.29. The van der Waals surface area contributed by atoms with Crippen LogP contribution in [0.15, 0.2) is 12.1 Å². The molecule has 20 heavy (non-hydrogen) atoms. The van der Waals surface area contributed by atoms with Crippen molar-refractivity contribution in [2.75, 3.05) is 12.4 Å². The summed E-state index contributed by atoms with van der Waals surface area (Å²) in [4.78, 5) is 0. The van der Waals surface area contributed by atoms with Crippen molar-refractivity contribution in [2.45, 2.75) is 33.6 Å². The zero-order valence-corrected chi connectivity index (χ0v) is 14.3. The Morgan fingerprint density at radius 2 is 1.75 bits per heavy atom. The fourth-order valence-electron chi connectivity index (χ4n) is 1.97. The van der Waals surface area contributed by atoms with Gasteiger partial charge in [-0.15, -0.1) is 0 Å². The number of benzene rings is 1. The highest BCUT2D eigenvalue weighted by molar-refractivity contribution is 8.13. The minimum Gasteiger partial charge on any atom is -0.493 e. The second-order valence-corrected chi connectivity index (χ2v) is 8.48. The van der Waals surface area contributed by atoms with Gasteiger partial charge in [0.2, 0.25) is 9.05 Å². The number of aryl methyl sites for hydroxylation is 2. The quantitative estimate of drug-likeness (QED) is 0.695. The molecule has 0 N–H and O–H groups in total. The van der Waals surface area contributed by atoms with Crippen LogP contribution in [0, 0.1) is 19.8 Å². The fraction of sp³-hybridized carbons (Fsp3) is 0.571. The van der Waals surface area contributed by atoms with Crippen LogP contribution in [-0.2, 0) is 9.05 Å². The lowest BCUT2D eigenvalue weighted by molar-refractivity contribution is 0.278. The lowest BCUT2D eigenvalue weighted by Crippen LogP contribution is -2.09. The van der Waals surface area contributed by atoms with Crippen LogP contribution in [-0.4, -0.2) is 20.8 Å². The molecule has 1 aromatic carbocycles. The minimum atomic E-state index is -3.40. The zero-order valence-electron chi connectivity index (χ0n) is 11.9. The molecule has 1 aromatic rings. The predicted octanol–water partition coefficient (Wildman–Crippen LogP) is 4.32. The Bertz CT molecular complexity index is 533. The second kappa shape index (κ2) is 7.53. The van der Waals surface area contributed by atoms with Crippen molar-refractivity contribution >= 4 is 31.3 Å². The van der Waals surface area contributed by atoms with Crippen molar-refractivity contribution in [3.63, 3.8) is 0 Å². The molecule has 0 aromatic heterocycles. The summed E-state index contributed by atoms with van der Waals surface area (Å²) in [6.45, 7) is 6.45.